The SMILES string of the molecule is C=CCCOCCNc1ccc2ncccc2c1N. The lowest BCUT2D eigenvalue weighted by Crippen LogP contribution is -2.11. The number of fused-ring (bicyclic) bond motifs is 1. The summed E-state index contributed by atoms with van der Waals surface area (Å²) >= 11 is 0. The number of nitrogens with zero attached hydrogens (tertiary/aromatic N) is 1. The van der Waals surface area contributed by atoms with Gasteiger partial charge in [-0.15, -0.1) is 6.58 Å². The van der Waals surface area contributed by atoms with Crippen LogP contribution in [0, 0.1) is 0 Å². The van der Waals surface area contributed by atoms with E-state index in [0.29, 0.717) is 13.2 Å². The fourth-order valence-corrected chi connectivity index (χ4v) is 1.86. The van der Waals surface area contributed by atoms with Crippen molar-refractivity contribution in [2.45, 2.75) is 6.42 Å². The van der Waals surface area contributed by atoms with Crippen molar-refractivity contribution >= 4 is 22.3 Å². The minimum Gasteiger partial charge on any atom is -0.397 e. The molecule has 0 saturated heterocycles. The molecule has 1 aromatic carbocycles. The zero-order chi connectivity index (χ0) is 13.5. The van der Waals surface area contributed by atoms with Crippen LogP contribution in [-0.2, 0) is 4.74 Å². The summed E-state index contributed by atoms with van der Waals surface area (Å²) in [5.41, 5.74) is 8.69. The minimum absolute atomic E-state index is 0.651. The van der Waals surface area contributed by atoms with Crippen LogP contribution >= 0.6 is 0 Å². The first-order valence-corrected chi connectivity index (χ1v) is 6.38. The Bertz CT molecular complexity index is 554. The van der Waals surface area contributed by atoms with Crippen LogP contribution in [-0.4, -0.2) is 24.7 Å². The molecule has 0 bridgehead atoms. The first kappa shape index (κ1) is 13.4. The lowest BCUT2D eigenvalue weighted by atomic mass is 10.1. The van der Waals surface area contributed by atoms with Gasteiger partial charge in [0.15, 0.2) is 0 Å². The third-order valence-electron chi connectivity index (χ3n) is 2.85. The molecule has 2 aromatic rings. The number of nitrogen functional groups attached to an aromatic ring is 1. The third-order valence-corrected chi connectivity index (χ3v) is 2.85. The van der Waals surface area contributed by atoms with Gasteiger partial charge >= 0.3 is 0 Å². The maximum absolute atomic E-state index is 6.12. The van der Waals surface area contributed by atoms with Gasteiger partial charge in [0.05, 0.1) is 30.1 Å². The fraction of sp³-hybridized carbons (Fsp3) is 0.267. The number of rotatable bonds is 7. The van der Waals surface area contributed by atoms with E-state index < -0.39 is 0 Å². The smallest absolute Gasteiger partial charge is 0.0724 e. The van der Waals surface area contributed by atoms with Crippen molar-refractivity contribution in [2.24, 2.45) is 0 Å². The van der Waals surface area contributed by atoms with Gasteiger partial charge in [-0.3, -0.25) is 4.98 Å². The van der Waals surface area contributed by atoms with E-state index in [1.54, 1.807) is 6.20 Å². The van der Waals surface area contributed by atoms with Gasteiger partial charge in [0.1, 0.15) is 0 Å². The van der Waals surface area contributed by atoms with Crippen LogP contribution < -0.4 is 11.1 Å². The van der Waals surface area contributed by atoms with E-state index in [-0.39, 0.29) is 0 Å². The molecule has 2 rings (SSSR count). The van der Waals surface area contributed by atoms with Crippen LogP contribution in [0.15, 0.2) is 43.1 Å². The van der Waals surface area contributed by atoms with Crippen LogP contribution in [0.5, 0.6) is 0 Å². The molecular formula is C15H19N3O. The Labute approximate surface area is 113 Å². The molecule has 100 valence electrons. The highest BCUT2D eigenvalue weighted by molar-refractivity contribution is 5.96. The second-order valence-electron chi connectivity index (χ2n) is 4.21. The zero-order valence-electron chi connectivity index (χ0n) is 10.9. The summed E-state index contributed by atoms with van der Waals surface area (Å²) in [6, 6.07) is 7.78. The fourth-order valence-electron chi connectivity index (χ4n) is 1.86. The molecule has 3 N–H and O–H groups in total. The highest BCUT2D eigenvalue weighted by atomic mass is 16.5. The molecule has 0 aliphatic carbocycles. The Morgan fingerprint density at radius 3 is 3.05 bits per heavy atom. The second kappa shape index (κ2) is 6.75. The number of anilines is 2. The standard InChI is InChI=1S/C15H19N3O/c1-2-3-10-19-11-9-18-14-7-6-13-12(15(14)16)5-4-8-17-13/h2,4-8,18H,1,3,9-11,16H2. The van der Waals surface area contributed by atoms with Crippen LogP contribution in [0.1, 0.15) is 6.42 Å². The number of pyridine rings is 1. The second-order valence-corrected chi connectivity index (χ2v) is 4.21. The summed E-state index contributed by atoms with van der Waals surface area (Å²) in [6.45, 7) is 5.74. The molecule has 0 amide bonds. The van der Waals surface area contributed by atoms with Gasteiger partial charge in [-0.25, -0.2) is 0 Å². The van der Waals surface area contributed by atoms with Crippen molar-refractivity contribution in [3.05, 3.63) is 43.1 Å². The lowest BCUT2D eigenvalue weighted by molar-refractivity contribution is 0.149. The summed E-state index contributed by atoms with van der Waals surface area (Å²) in [6.07, 6.45) is 4.49. The molecular weight excluding hydrogens is 238 g/mol. The number of hydrogen-bond donors (Lipinski definition) is 2. The molecule has 4 nitrogen and oxygen atoms in total. The molecule has 0 unspecified atom stereocenters. The van der Waals surface area contributed by atoms with Crippen LogP contribution in [0.3, 0.4) is 0 Å². The van der Waals surface area contributed by atoms with Gasteiger partial charge in [-0.1, -0.05) is 6.08 Å². The molecule has 0 atom stereocenters. The highest BCUT2D eigenvalue weighted by Crippen LogP contribution is 2.26. The summed E-state index contributed by atoms with van der Waals surface area (Å²) in [5, 5.41) is 4.25. The van der Waals surface area contributed by atoms with E-state index in [2.05, 4.69) is 16.9 Å². The van der Waals surface area contributed by atoms with Crippen molar-refractivity contribution < 1.29 is 4.74 Å². The average molecular weight is 257 g/mol. The van der Waals surface area contributed by atoms with Crippen LogP contribution in [0.4, 0.5) is 11.4 Å². The van der Waals surface area contributed by atoms with Gasteiger partial charge < -0.3 is 15.8 Å². The Kier molecular flexibility index (Phi) is 4.75. The molecule has 19 heavy (non-hydrogen) atoms. The van der Waals surface area contributed by atoms with E-state index in [1.807, 2.05) is 30.3 Å². The Morgan fingerprint density at radius 2 is 2.21 bits per heavy atom. The Morgan fingerprint density at radius 1 is 1.32 bits per heavy atom. The third kappa shape index (κ3) is 3.45. The normalized spacial score (nSPS) is 10.5. The number of benzene rings is 1. The monoisotopic (exact) mass is 257 g/mol. The quantitative estimate of drug-likeness (QED) is 0.455. The molecule has 0 fully saturated rings. The summed E-state index contributed by atoms with van der Waals surface area (Å²) < 4.78 is 5.44. The Hall–Kier alpha value is -2.07. The summed E-state index contributed by atoms with van der Waals surface area (Å²) in [5.74, 6) is 0. The zero-order valence-corrected chi connectivity index (χ0v) is 10.9. The first-order valence-electron chi connectivity index (χ1n) is 6.38. The molecule has 0 spiro atoms. The predicted octanol–water partition coefficient (Wildman–Crippen LogP) is 2.82. The first-order chi connectivity index (χ1) is 9.33. The van der Waals surface area contributed by atoms with Crippen molar-refractivity contribution in [1.29, 1.82) is 0 Å². The van der Waals surface area contributed by atoms with E-state index in [1.165, 1.54) is 0 Å². The number of aromatic nitrogens is 1. The Balaban J connectivity index is 1.94. The molecule has 0 aliphatic heterocycles. The molecule has 1 aromatic heterocycles. The lowest BCUT2D eigenvalue weighted by Gasteiger charge is -2.11. The summed E-state index contributed by atoms with van der Waals surface area (Å²) in [4.78, 5) is 4.27. The number of hydrogen-bond acceptors (Lipinski definition) is 4. The van der Waals surface area contributed by atoms with Gasteiger partial charge in [0, 0.05) is 18.1 Å². The van der Waals surface area contributed by atoms with Gasteiger partial charge in [0.25, 0.3) is 0 Å². The average Bonchev–Trinajstić information content (AvgIpc) is 2.45. The number of nitrogens with two attached hydrogens (primary N) is 1. The van der Waals surface area contributed by atoms with Crippen molar-refractivity contribution in [3.63, 3.8) is 0 Å². The maximum atomic E-state index is 6.12. The van der Waals surface area contributed by atoms with Crippen molar-refractivity contribution in [2.75, 3.05) is 30.8 Å². The van der Waals surface area contributed by atoms with Crippen LogP contribution in [0.2, 0.25) is 0 Å². The van der Waals surface area contributed by atoms with Gasteiger partial charge in [0.2, 0.25) is 0 Å². The predicted molar refractivity (Wildman–Crippen MR) is 80.3 cm³/mol. The van der Waals surface area contributed by atoms with Crippen molar-refractivity contribution in [3.8, 4) is 0 Å². The number of ether oxygens (including phenoxy) is 1. The van der Waals surface area contributed by atoms with E-state index in [9.17, 15) is 0 Å². The molecule has 0 saturated carbocycles. The van der Waals surface area contributed by atoms with Gasteiger partial charge in [-0.2, -0.15) is 0 Å². The van der Waals surface area contributed by atoms with E-state index in [4.69, 9.17) is 10.5 Å². The van der Waals surface area contributed by atoms with E-state index in [0.717, 1.165) is 35.2 Å². The minimum atomic E-state index is 0.651. The van der Waals surface area contributed by atoms with Gasteiger partial charge in [-0.05, 0) is 30.7 Å². The molecule has 4 heteroatoms. The maximum Gasteiger partial charge on any atom is 0.0724 e. The summed E-state index contributed by atoms with van der Waals surface area (Å²) in [7, 11) is 0. The van der Waals surface area contributed by atoms with Crippen LogP contribution in [0.25, 0.3) is 10.9 Å². The largest absolute Gasteiger partial charge is 0.397 e. The molecule has 0 aliphatic rings. The number of nitrogens with one attached hydrogen (secondary N) is 1. The van der Waals surface area contributed by atoms with Crippen molar-refractivity contribution in [1.82, 2.24) is 4.98 Å². The molecule has 0 radical (unpaired) electrons. The highest BCUT2D eigenvalue weighted by Gasteiger charge is 2.03. The molecule has 1 heterocycles. The topological polar surface area (TPSA) is 60.2 Å². The van der Waals surface area contributed by atoms with E-state index >= 15 is 0 Å².